The molecule has 25 heavy (non-hydrogen) atoms. The molecule has 1 aliphatic rings. The van der Waals surface area contributed by atoms with E-state index in [0.29, 0.717) is 19.5 Å². The van der Waals surface area contributed by atoms with E-state index in [4.69, 9.17) is 12.3 Å². The third-order valence-electron chi connectivity index (χ3n) is 4.76. The predicted octanol–water partition coefficient (Wildman–Crippen LogP) is 2.83. The first-order chi connectivity index (χ1) is 12.1. The number of nitrogens with zero attached hydrogens (tertiary/aromatic N) is 2. The second-order valence-electron chi connectivity index (χ2n) is 6.90. The summed E-state index contributed by atoms with van der Waals surface area (Å²) in [5.41, 5.74) is 5.92. The third-order valence-corrected chi connectivity index (χ3v) is 4.76. The average Bonchev–Trinajstić information content (AvgIpc) is 3.09. The van der Waals surface area contributed by atoms with Gasteiger partial charge in [-0.15, -0.1) is 0 Å². The molecule has 0 saturated carbocycles. The van der Waals surface area contributed by atoms with Crippen LogP contribution in [0.2, 0.25) is 0 Å². The van der Waals surface area contributed by atoms with Crippen molar-refractivity contribution in [1.29, 1.82) is 0 Å². The molecular formula is C19H34N4O2. The normalized spacial score (nSPS) is 18.0. The highest BCUT2D eigenvalue weighted by atomic mass is 16.2. The molecule has 1 rings (SSSR count). The van der Waals surface area contributed by atoms with E-state index < -0.39 is 6.04 Å². The molecule has 6 heteroatoms. The van der Waals surface area contributed by atoms with Crippen molar-refractivity contribution in [3.63, 3.8) is 0 Å². The lowest BCUT2D eigenvalue weighted by Crippen LogP contribution is -2.45. The van der Waals surface area contributed by atoms with E-state index >= 15 is 0 Å². The van der Waals surface area contributed by atoms with Crippen LogP contribution < -0.4 is 11.1 Å². The lowest BCUT2D eigenvalue weighted by atomic mass is 10.1. The van der Waals surface area contributed by atoms with Gasteiger partial charge in [0.2, 0.25) is 11.8 Å². The molecule has 1 fully saturated rings. The topological polar surface area (TPSA) is 79.8 Å². The lowest BCUT2D eigenvalue weighted by molar-refractivity contribution is -0.133. The second-order valence-corrected chi connectivity index (χ2v) is 6.90. The molecule has 0 aromatic carbocycles. The van der Waals surface area contributed by atoms with E-state index in [9.17, 15) is 9.59 Å². The Hall–Kier alpha value is -1.61. The summed E-state index contributed by atoms with van der Waals surface area (Å²) in [5.74, 6) is -0.240. The molecule has 0 aromatic rings. The fourth-order valence-electron chi connectivity index (χ4n) is 3.16. The number of likely N-dealkylation sites (tertiary alicyclic amines) is 1. The number of hydrogen-bond donors (Lipinski definition) is 2. The minimum atomic E-state index is -0.688. The predicted molar refractivity (Wildman–Crippen MR) is 99.5 cm³/mol. The summed E-state index contributed by atoms with van der Waals surface area (Å²) in [4.78, 5) is 29.1. The summed E-state index contributed by atoms with van der Waals surface area (Å²) in [6.45, 7) is 10.6. The van der Waals surface area contributed by atoms with E-state index in [0.717, 1.165) is 25.7 Å². The number of hydrogen-bond acceptors (Lipinski definition) is 3. The quantitative estimate of drug-likeness (QED) is 0.419. The summed E-state index contributed by atoms with van der Waals surface area (Å²) in [5, 5.41) is 2.90. The van der Waals surface area contributed by atoms with Gasteiger partial charge < -0.3 is 11.1 Å². The molecule has 1 saturated heterocycles. The second kappa shape index (κ2) is 12.7. The summed E-state index contributed by atoms with van der Waals surface area (Å²) in [7, 11) is 0. The molecule has 2 atom stereocenters. The van der Waals surface area contributed by atoms with Crippen molar-refractivity contribution in [2.75, 3.05) is 13.1 Å². The van der Waals surface area contributed by atoms with Crippen LogP contribution in [0.1, 0.15) is 77.6 Å². The van der Waals surface area contributed by atoms with Crippen LogP contribution in [-0.4, -0.2) is 42.0 Å². The Morgan fingerprint density at radius 3 is 2.60 bits per heavy atom. The van der Waals surface area contributed by atoms with Gasteiger partial charge in [0.1, 0.15) is 0 Å². The molecule has 6 nitrogen and oxygen atoms in total. The van der Waals surface area contributed by atoms with Crippen molar-refractivity contribution in [1.82, 2.24) is 10.2 Å². The lowest BCUT2D eigenvalue weighted by Gasteiger charge is -2.20. The Kier molecular flexibility index (Phi) is 10.9. The maximum absolute atomic E-state index is 12.3. The Bertz CT molecular complexity index is 447. The highest BCUT2D eigenvalue weighted by Crippen LogP contribution is 2.19. The number of carbonyl (C=O) groups excluding carboxylic acids is 2. The number of rotatable bonds is 12. The summed E-state index contributed by atoms with van der Waals surface area (Å²) in [6, 6.07) is -0.688. The summed E-state index contributed by atoms with van der Waals surface area (Å²) < 4.78 is 0. The highest BCUT2D eigenvalue weighted by Gasteiger charge is 2.35. The number of nitrogens with one attached hydrogen (secondary N) is 1. The van der Waals surface area contributed by atoms with Gasteiger partial charge in [-0.1, -0.05) is 45.4 Å². The van der Waals surface area contributed by atoms with Gasteiger partial charge in [-0.25, -0.2) is 6.57 Å². The van der Waals surface area contributed by atoms with Crippen molar-refractivity contribution in [3.05, 3.63) is 11.4 Å². The van der Waals surface area contributed by atoms with E-state index in [1.807, 2.05) is 0 Å². The Morgan fingerprint density at radius 1 is 1.24 bits per heavy atom. The van der Waals surface area contributed by atoms with E-state index in [-0.39, 0.29) is 24.4 Å². The Labute approximate surface area is 152 Å². The van der Waals surface area contributed by atoms with Gasteiger partial charge in [0, 0.05) is 25.9 Å². The molecule has 1 heterocycles. The zero-order chi connectivity index (χ0) is 18.5. The van der Waals surface area contributed by atoms with Crippen LogP contribution in [0.3, 0.4) is 0 Å². The van der Waals surface area contributed by atoms with Gasteiger partial charge in [-0.2, -0.15) is 0 Å². The van der Waals surface area contributed by atoms with E-state index in [1.165, 1.54) is 32.1 Å². The largest absolute Gasteiger partial charge is 0.356 e. The van der Waals surface area contributed by atoms with E-state index in [2.05, 4.69) is 17.1 Å². The van der Waals surface area contributed by atoms with Crippen LogP contribution >= 0.6 is 0 Å². The zero-order valence-corrected chi connectivity index (χ0v) is 15.6. The maximum atomic E-state index is 12.3. The number of carbonyl (C=O) groups is 2. The molecule has 0 radical (unpaired) electrons. The van der Waals surface area contributed by atoms with Crippen LogP contribution in [0, 0.1) is 6.57 Å². The maximum Gasteiger partial charge on any atom is 0.300 e. The fourth-order valence-corrected chi connectivity index (χ4v) is 3.16. The van der Waals surface area contributed by atoms with Crippen molar-refractivity contribution in [2.45, 2.75) is 89.8 Å². The fraction of sp³-hybridized carbons (Fsp3) is 0.842. The smallest absolute Gasteiger partial charge is 0.300 e. The van der Waals surface area contributed by atoms with Crippen LogP contribution in [0.15, 0.2) is 0 Å². The first kappa shape index (κ1) is 21.4. The average molecular weight is 351 g/mol. The molecule has 142 valence electrons. The first-order valence-electron chi connectivity index (χ1n) is 9.79. The number of unbranched alkanes of at least 4 members (excludes halogenated alkanes) is 6. The van der Waals surface area contributed by atoms with Crippen LogP contribution in [0.25, 0.3) is 4.85 Å². The Balaban J connectivity index is 2.09. The minimum absolute atomic E-state index is 0.0441. The number of nitrogens with two attached hydrogens (primary N) is 1. The van der Waals surface area contributed by atoms with Gasteiger partial charge in [0.25, 0.3) is 0 Å². The van der Waals surface area contributed by atoms with Gasteiger partial charge in [-0.05, 0) is 19.3 Å². The standard InChI is InChI=1S/C19H34N4O2/c1-3-4-5-6-7-8-9-14-22-18(24)13-12-16(20)19(25)23-15-10-11-17(23)21-2/h16-17H,3-15,20H2,1H3,(H,22,24)/t16?,17-/m0/s1. The molecule has 0 aromatic heterocycles. The first-order valence-corrected chi connectivity index (χ1v) is 9.79. The van der Waals surface area contributed by atoms with Crippen LogP contribution in [0.5, 0.6) is 0 Å². The van der Waals surface area contributed by atoms with Crippen LogP contribution in [0.4, 0.5) is 0 Å². The van der Waals surface area contributed by atoms with Crippen molar-refractivity contribution < 1.29 is 9.59 Å². The molecule has 0 bridgehead atoms. The molecule has 2 amide bonds. The molecule has 1 aliphatic heterocycles. The van der Waals surface area contributed by atoms with Crippen molar-refractivity contribution >= 4 is 11.8 Å². The summed E-state index contributed by atoms with van der Waals surface area (Å²) in [6.07, 6.45) is 10.3. The highest BCUT2D eigenvalue weighted by molar-refractivity contribution is 5.83. The van der Waals surface area contributed by atoms with Crippen molar-refractivity contribution in [2.24, 2.45) is 5.73 Å². The van der Waals surface area contributed by atoms with Gasteiger partial charge >= 0.3 is 6.17 Å². The van der Waals surface area contributed by atoms with Crippen molar-refractivity contribution in [3.8, 4) is 0 Å². The number of amides is 2. The monoisotopic (exact) mass is 350 g/mol. The summed E-state index contributed by atoms with van der Waals surface area (Å²) >= 11 is 0. The third kappa shape index (κ3) is 8.35. The molecule has 0 spiro atoms. The van der Waals surface area contributed by atoms with E-state index in [1.54, 1.807) is 4.90 Å². The zero-order valence-electron chi connectivity index (χ0n) is 15.6. The Morgan fingerprint density at radius 2 is 1.92 bits per heavy atom. The molecule has 0 aliphatic carbocycles. The molecule has 3 N–H and O–H groups in total. The van der Waals surface area contributed by atoms with Gasteiger partial charge in [0.15, 0.2) is 0 Å². The minimum Gasteiger partial charge on any atom is -0.356 e. The van der Waals surface area contributed by atoms with Gasteiger partial charge in [-0.3, -0.25) is 19.3 Å². The van der Waals surface area contributed by atoms with Gasteiger partial charge in [0.05, 0.1) is 6.04 Å². The molecule has 1 unspecified atom stereocenters. The SMILES string of the molecule is [C-]#[N+][C@@H]1CCCN1C(=O)C(N)CCC(=O)NCCCCCCCCC. The van der Waals surface area contributed by atoms with Crippen LogP contribution in [-0.2, 0) is 9.59 Å². The molecular weight excluding hydrogens is 316 g/mol.